The molecule has 0 unspecified atom stereocenters. The standard InChI is InChI=1S/C19H17N3O4S2/c23-19(21-24)16-11-13-5-1-2-6-14(13)12-22(16)28(25,26)18-9-8-17(27-18)15-7-3-4-10-20-15/h1-10,16,24H,11-12H2,(H,21,23)/t16-/m1/s1. The van der Waals surface area contributed by atoms with Crippen molar-refractivity contribution in [1.82, 2.24) is 14.8 Å². The van der Waals surface area contributed by atoms with E-state index in [0.717, 1.165) is 31.6 Å². The first kappa shape index (κ1) is 18.8. The quantitative estimate of drug-likeness (QED) is 0.504. The average molecular weight is 415 g/mol. The molecule has 7 nitrogen and oxygen atoms in total. The van der Waals surface area contributed by atoms with Gasteiger partial charge in [0.15, 0.2) is 0 Å². The van der Waals surface area contributed by atoms with Crippen molar-refractivity contribution >= 4 is 27.3 Å². The van der Waals surface area contributed by atoms with Crippen LogP contribution in [0.2, 0.25) is 0 Å². The largest absolute Gasteiger partial charge is 0.289 e. The van der Waals surface area contributed by atoms with Crippen LogP contribution < -0.4 is 5.48 Å². The average Bonchev–Trinajstić information content (AvgIpc) is 3.24. The zero-order valence-electron chi connectivity index (χ0n) is 14.6. The van der Waals surface area contributed by atoms with E-state index >= 15 is 0 Å². The lowest BCUT2D eigenvalue weighted by molar-refractivity contribution is -0.133. The van der Waals surface area contributed by atoms with E-state index in [1.54, 1.807) is 29.9 Å². The van der Waals surface area contributed by atoms with Crippen molar-refractivity contribution in [3.8, 4) is 10.6 Å². The Morgan fingerprint density at radius 1 is 1.11 bits per heavy atom. The molecule has 0 spiro atoms. The molecule has 0 radical (unpaired) electrons. The Kier molecular flexibility index (Phi) is 4.98. The summed E-state index contributed by atoms with van der Waals surface area (Å²) < 4.78 is 27.9. The fourth-order valence-electron chi connectivity index (χ4n) is 3.27. The van der Waals surface area contributed by atoms with Gasteiger partial charge in [-0.3, -0.25) is 15.0 Å². The number of carbonyl (C=O) groups is 1. The number of hydrogen-bond acceptors (Lipinski definition) is 6. The lowest BCUT2D eigenvalue weighted by Gasteiger charge is -2.34. The van der Waals surface area contributed by atoms with Crippen molar-refractivity contribution in [3.63, 3.8) is 0 Å². The molecule has 1 aromatic carbocycles. The van der Waals surface area contributed by atoms with Crippen LogP contribution in [-0.4, -0.2) is 34.9 Å². The van der Waals surface area contributed by atoms with E-state index in [1.165, 1.54) is 6.07 Å². The van der Waals surface area contributed by atoms with Gasteiger partial charge in [-0.25, -0.2) is 13.9 Å². The minimum absolute atomic E-state index is 0.0629. The third-order valence-electron chi connectivity index (χ3n) is 4.68. The normalized spacial score (nSPS) is 17.1. The third kappa shape index (κ3) is 3.33. The number of pyridine rings is 1. The second-order valence-electron chi connectivity index (χ2n) is 6.35. The first-order valence-corrected chi connectivity index (χ1v) is 10.8. The first-order chi connectivity index (χ1) is 13.5. The molecule has 0 fully saturated rings. The van der Waals surface area contributed by atoms with Crippen molar-refractivity contribution in [3.05, 3.63) is 71.9 Å². The number of carbonyl (C=O) groups excluding carboxylic acids is 1. The van der Waals surface area contributed by atoms with Crippen LogP contribution in [0.15, 0.2) is 65.0 Å². The number of benzene rings is 1. The molecule has 1 aliphatic heterocycles. The Hall–Kier alpha value is -2.59. The van der Waals surface area contributed by atoms with E-state index < -0.39 is 22.0 Å². The van der Waals surface area contributed by atoms with Crippen LogP contribution in [0.5, 0.6) is 0 Å². The Bertz CT molecular complexity index is 1110. The zero-order chi connectivity index (χ0) is 19.7. The van der Waals surface area contributed by atoms with Crippen LogP contribution in [0.1, 0.15) is 11.1 Å². The molecule has 2 N–H and O–H groups in total. The van der Waals surface area contributed by atoms with Crippen molar-refractivity contribution in [1.29, 1.82) is 0 Å². The van der Waals surface area contributed by atoms with Crippen LogP contribution in [0.4, 0.5) is 0 Å². The number of hydroxylamine groups is 1. The molecule has 0 saturated heterocycles. The molecule has 0 aliphatic carbocycles. The van der Waals surface area contributed by atoms with Gasteiger partial charge >= 0.3 is 0 Å². The highest BCUT2D eigenvalue weighted by Gasteiger charge is 2.40. The van der Waals surface area contributed by atoms with Gasteiger partial charge in [0.25, 0.3) is 15.9 Å². The summed E-state index contributed by atoms with van der Waals surface area (Å²) in [4.78, 5) is 17.2. The summed E-state index contributed by atoms with van der Waals surface area (Å²) in [6.07, 6.45) is 1.84. The van der Waals surface area contributed by atoms with E-state index in [-0.39, 0.29) is 17.2 Å². The van der Waals surface area contributed by atoms with Gasteiger partial charge in [-0.05, 0) is 41.8 Å². The summed E-state index contributed by atoms with van der Waals surface area (Å²) in [6.45, 7) is 0.0629. The van der Waals surface area contributed by atoms with Gasteiger partial charge in [0, 0.05) is 12.7 Å². The molecular formula is C19H17N3O4S2. The SMILES string of the molecule is O=C(NO)[C@H]1Cc2ccccc2CN1S(=O)(=O)c1ccc(-c2ccccn2)s1. The van der Waals surface area contributed by atoms with Crippen LogP contribution in [-0.2, 0) is 27.8 Å². The summed E-state index contributed by atoms with van der Waals surface area (Å²) in [5, 5.41) is 9.12. The Balaban J connectivity index is 1.73. The molecule has 0 saturated carbocycles. The number of hydrogen-bond donors (Lipinski definition) is 2. The van der Waals surface area contributed by atoms with Crippen molar-refractivity contribution in [2.24, 2.45) is 0 Å². The molecule has 1 aliphatic rings. The zero-order valence-corrected chi connectivity index (χ0v) is 16.3. The Morgan fingerprint density at radius 2 is 1.86 bits per heavy atom. The molecule has 4 rings (SSSR count). The van der Waals surface area contributed by atoms with E-state index in [1.807, 2.05) is 30.3 Å². The summed E-state index contributed by atoms with van der Waals surface area (Å²) >= 11 is 1.10. The van der Waals surface area contributed by atoms with Gasteiger partial charge in [0.1, 0.15) is 10.3 Å². The van der Waals surface area contributed by atoms with E-state index in [9.17, 15) is 13.2 Å². The maximum Gasteiger partial charge on any atom is 0.262 e. The highest BCUT2D eigenvalue weighted by atomic mass is 32.2. The summed E-state index contributed by atoms with van der Waals surface area (Å²) in [6, 6.07) is 15.0. The van der Waals surface area contributed by atoms with Crippen LogP contribution in [0.3, 0.4) is 0 Å². The fraction of sp³-hybridized carbons (Fsp3) is 0.158. The predicted octanol–water partition coefficient (Wildman–Crippen LogP) is 2.43. The molecule has 1 amide bonds. The minimum Gasteiger partial charge on any atom is -0.289 e. The first-order valence-electron chi connectivity index (χ1n) is 8.54. The maximum absolute atomic E-state index is 13.3. The molecule has 28 heavy (non-hydrogen) atoms. The van der Waals surface area contributed by atoms with E-state index in [2.05, 4.69) is 4.98 Å². The fourth-order valence-corrected chi connectivity index (χ4v) is 6.25. The van der Waals surface area contributed by atoms with E-state index in [0.29, 0.717) is 5.69 Å². The van der Waals surface area contributed by atoms with Gasteiger partial charge in [-0.1, -0.05) is 30.3 Å². The molecule has 144 valence electrons. The highest BCUT2D eigenvalue weighted by Crippen LogP contribution is 2.35. The molecule has 0 bridgehead atoms. The highest BCUT2D eigenvalue weighted by molar-refractivity contribution is 7.91. The number of nitrogens with one attached hydrogen (secondary N) is 1. The van der Waals surface area contributed by atoms with Crippen molar-refractivity contribution in [2.75, 3.05) is 0 Å². The van der Waals surface area contributed by atoms with Crippen LogP contribution in [0.25, 0.3) is 10.6 Å². The summed E-state index contributed by atoms with van der Waals surface area (Å²) in [5.41, 5.74) is 4.02. The van der Waals surface area contributed by atoms with Gasteiger partial charge < -0.3 is 0 Å². The van der Waals surface area contributed by atoms with Crippen molar-refractivity contribution < 1.29 is 18.4 Å². The number of nitrogens with zero attached hydrogens (tertiary/aromatic N) is 2. The molecular weight excluding hydrogens is 398 g/mol. The molecule has 2 aromatic heterocycles. The van der Waals surface area contributed by atoms with Gasteiger partial charge in [0.05, 0.1) is 10.6 Å². The molecule has 9 heteroatoms. The molecule has 3 heterocycles. The number of fused-ring (bicyclic) bond motifs is 1. The number of thiophene rings is 1. The smallest absolute Gasteiger partial charge is 0.262 e. The van der Waals surface area contributed by atoms with E-state index in [4.69, 9.17) is 5.21 Å². The van der Waals surface area contributed by atoms with Gasteiger partial charge in [-0.2, -0.15) is 4.31 Å². The Morgan fingerprint density at radius 3 is 2.57 bits per heavy atom. The van der Waals surface area contributed by atoms with Crippen LogP contribution in [0, 0.1) is 0 Å². The minimum atomic E-state index is -3.94. The molecule has 3 aromatic rings. The lowest BCUT2D eigenvalue weighted by atomic mass is 9.95. The number of aromatic nitrogens is 1. The lowest BCUT2D eigenvalue weighted by Crippen LogP contribution is -2.51. The number of amides is 1. The van der Waals surface area contributed by atoms with Gasteiger partial charge in [0.2, 0.25) is 0 Å². The maximum atomic E-state index is 13.3. The number of sulfonamides is 1. The monoisotopic (exact) mass is 415 g/mol. The third-order valence-corrected chi connectivity index (χ3v) is 8.11. The van der Waals surface area contributed by atoms with Gasteiger partial charge in [-0.15, -0.1) is 11.3 Å². The number of rotatable bonds is 4. The Labute approximate surface area is 166 Å². The van der Waals surface area contributed by atoms with Crippen molar-refractivity contribution in [2.45, 2.75) is 23.2 Å². The van der Waals surface area contributed by atoms with Crippen LogP contribution >= 0.6 is 11.3 Å². The summed E-state index contributed by atoms with van der Waals surface area (Å²) in [5.74, 6) is -0.750. The summed E-state index contributed by atoms with van der Waals surface area (Å²) in [7, 11) is -3.94. The second-order valence-corrected chi connectivity index (χ2v) is 9.55. The predicted molar refractivity (Wildman–Crippen MR) is 104 cm³/mol. The second kappa shape index (κ2) is 7.44. The topological polar surface area (TPSA) is 99.6 Å². The molecule has 1 atom stereocenters.